The van der Waals surface area contributed by atoms with Crippen molar-refractivity contribution in [2.75, 3.05) is 26.2 Å². The lowest BCUT2D eigenvalue weighted by molar-refractivity contribution is -0.136. The average molecular weight is 291 g/mol. The van der Waals surface area contributed by atoms with E-state index in [0.717, 1.165) is 25.5 Å². The van der Waals surface area contributed by atoms with Crippen molar-refractivity contribution < 1.29 is 4.74 Å². The standard InChI is InChI=1S/C15H30N2O.ClH/c1-12(2)17-7-6-13(9-17)8-15(5)16-10-14(3,4)11-18-15;/h12-13,16H,6-11H2,1-5H3;1H. The van der Waals surface area contributed by atoms with Crippen LogP contribution in [0.5, 0.6) is 0 Å². The Balaban J connectivity index is 0.00000180. The highest BCUT2D eigenvalue weighted by Crippen LogP contribution is 2.32. The van der Waals surface area contributed by atoms with Gasteiger partial charge in [-0.05, 0) is 46.1 Å². The Morgan fingerprint density at radius 2 is 2.00 bits per heavy atom. The summed E-state index contributed by atoms with van der Waals surface area (Å²) in [6, 6.07) is 0.682. The molecule has 0 aliphatic carbocycles. The van der Waals surface area contributed by atoms with Gasteiger partial charge in [0.1, 0.15) is 5.72 Å². The van der Waals surface area contributed by atoms with E-state index >= 15 is 0 Å². The van der Waals surface area contributed by atoms with E-state index in [1.165, 1.54) is 19.5 Å². The second-order valence-corrected chi connectivity index (χ2v) is 7.48. The lowest BCUT2D eigenvalue weighted by atomic mass is 9.89. The van der Waals surface area contributed by atoms with Crippen molar-refractivity contribution >= 4 is 12.4 Å². The Kier molecular flexibility index (Phi) is 5.71. The van der Waals surface area contributed by atoms with Crippen molar-refractivity contribution in [2.24, 2.45) is 11.3 Å². The van der Waals surface area contributed by atoms with Gasteiger partial charge in [0.05, 0.1) is 6.61 Å². The quantitative estimate of drug-likeness (QED) is 0.865. The molecule has 0 amide bonds. The van der Waals surface area contributed by atoms with E-state index in [4.69, 9.17) is 4.74 Å². The van der Waals surface area contributed by atoms with Crippen LogP contribution in [0, 0.1) is 11.3 Å². The van der Waals surface area contributed by atoms with Gasteiger partial charge >= 0.3 is 0 Å². The molecule has 2 unspecified atom stereocenters. The average Bonchev–Trinajstić information content (AvgIpc) is 2.72. The zero-order valence-electron chi connectivity index (χ0n) is 13.2. The number of hydrogen-bond donors (Lipinski definition) is 1. The molecular formula is C15H31ClN2O. The smallest absolute Gasteiger partial charge is 0.116 e. The molecule has 19 heavy (non-hydrogen) atoms. The number of halogens is 1. The first-order chi connectivity index (χ1) is 8.30. The number of likely N-dealkylation sites (tertiary alicyclic amines) is 1. The molecule has 2 rings (SSSR count). The molecule has 0 aromatic carbocycles. The van der Waals surface area contributed by atoms with Crippen LogP contribution in [0.2, 0.25) is 0 Å². The molecule has 2 heterocycles. The number of ether oxygens (including phenoxy) is 1. The van der Waals surface area contributed by atoms with Gasteiger partial charge in [0, 0.05) is 24.5 Å². The molecule has 2 aliphatic rings. The Morgan fingerprint density at radius 1 is 1.32 bits per heavy atom. The van der Waals surface area contributed by atoms with Crippen LogP contribution in [0.15, 0.2) is 0 Å². The Morgan fingerprint density at radius 3 is 2.47 bits per heavy atom. The van der Waals surface area contributed by atoms with Gasteiger partial charge in [-0.1, -0.05) is 13.8 Å². The van der Waals surface area contributed by atoms with Gasteiger partial charge in [-0.25, -0.2) is 0 Å². The molecule has 1 N–H and O–H groups in total. The van der Waals surface area contributed by atoms with Crippen LogP contribution in [-0.2, 0) is 4.74 Å². The van der Waals surface area contributed by atoms with Gasteiger partial charge < -0.3 is 9.64 Å². The van der Waals surface area contributed by atoms with Gasteiger partial charge in [0.25, 0.3) is 0 Å². The number of rotatable bonds is 3. The summed E-state index contributed by atoms with van der Waals surface area (Å²) >= 11 is 0. The lowest BCUT2D eigenvalue weighted by Gasteiger charge is -2.43. The molecule has 0 bridgehead atoms. The topological polar surface area (TPSA) is 24.5 Å². The van der Waals surface area contributed by atoms with Crippen LogP contribution >= 0.6 is 12.4 Å². The van der Waals surface area contributed by atoms with E-state index in [9.17, 15) is 0 Å². The zero-order valence-corrected chi connectivity index (χ0v) is 14.0. The third-order valence-corrected chi connectivity index (χ3v) is 4.45. The minimum absolute atomic E-state index is 0. The van der Waals surface area contributed by atoms with E-state index < -0.39 is 0 Å². The van der Waals surface area contributed by atoms with E-state index in [1.54, 1.807) is 0 Å². The summed E-state index contributed by atoms with van der Waals surface area (Å²) in [5, 5.41) is 3.62. The summed E-state index contributed by atoms with van der Waals surface area (Å²) in [4.78, 5) is 2.58. The van der Waals surface area contributed by atoms with Crippen LogP contribution in [-0.4, -0.2) is 42.9 Å². The van der Waals surface area contributed by atoms with Crippen LogP contribution in [0.3, 0.4) is 0 Å². The van der Waals surface area contributed by atoms with Crippen molar-refractivity contribution in [2.45, 2.75) is 59.2 Å². The fraction of sp³-hybridized carbons (Fsp3) is 1.00. The summed E-state index contributed by atoms with van der Waals surface area (Å²) in [5.74, 6) is 0.783. The molecule has 0 aromatic rings. The zero-order chi connectivity index (χ0) is 13.4. The van der Waals surface area contributed by atoms with Gasteiger partial charge in [-0.3, -0.25) is 5.32 Å². The van der Waals surface area contributed by atoms with Crippen molar-refractivity contribution in [1.29, 1.82) is 0 Å². The first-order valence-corrected chi connectivity index (χ1v) is 7.43. The van der Waals surface area contributed by atoms with Gasteiger partial charge in [-0.15, -0.1) is 12.4 Å². The fourth-order valence-electron chi connectivity index (χ4n) is 3.06. The van der Waals surface area contributed by atoms with E-state index in [-0.39, 0.29) is 23.5 Å². The monoisotopic (exact) mass is 290 g/mol. The van der Waals surface area contributed by atoms with Crippen LogP contribution in [0.1, 0.15) is 47.5 Å². The van der Waals surface area contributed by atoms with Gasteiger partial charge in [0.2, 0.25) is 0 Å². The van der Waals surface area contributed by atoms with Gasteiger partial charge in [0.15, 0.2) is 0 Å². The minimum atomic E-state index is -0.104. The molecule has 0 radical (unpaired) electrons. The maximum absolute atomic E-state index is 6.11. The van der Waals surface area contributed by atoms with Crippen molar-refractivity contribution in [3.8, 4) is 0 Å². The van der Waals surface area contributed by atoms with Crippen molar-refractivity contribution in [3.63, 3.8) is 0 Å². The molecule has 4 heteroatoms. The maximum atomic E-state index is 6.11. The largest absolute Gasteiger partial charge is 0.360 e. The van der Waals surface area contributed by atoms with Crippen molar-refractivity contribution in [1.82, 2.24) is 10.2 Å². The fourth-order valence-corrected chi connectivity index (χ4v) is 3.06. The molecule has 2 saturated heterocycles. The summed E-state index contributed by atoms with van der Waals surface area (Å²) in [6.45, 7) is 15.8. The molecule has 2 aliphatic heterocycles. The van der Waals surface area contributed by atoms with Crippen LogP contribution < -0.4 is 5.32 Å². The third kappa shape index (κ3) is 4.59. The molecular weight excluding hydrogens is 260 g/mol. The third-order valence-electron chi connectivity index (χ3n) is 4.45. The Labute approximate surface area is 124 Å². The predicted octanol–water partition coefficient (Wildman–Crippen LogP) is 2.89. The highest BCUT2D eigenvalue weighted by Gasteiger charge is 2.38. The van der Waals surface area contributed by atoms with E-state index in [2.05, 4.69) is 44.8 Å². The molecule has 0 aromatic heterocycles. The number of hydrogen-bond acceptors (Lipinski definition) is 3. The van der Waals surface area contributed by atoms with Crippen LogP contribution in [0.4, 0.5) is 0 Å². The van der Waals surface area contributed by atoms with Gasteiger partial charge in [-0.2, -0.15) is 0 Å². The summed E-state index contributed by atoms with van der Waals surface area (Å²) in [6.07, 6.45) is 2.47. The number of nitrogens with one attached hydrogen (secondary N) is 1. The summed E-state index contributed by atoms with van der Waals surface area (Å²) in [7, 11) is 0. The molecule has 2 fully saturated rings. The Bertz CT molecular complexity index is 284. The number of nitrogens with zero attached hydrogens (tertiary/aromatic N) is 1. The first kappa shape index (κ1) is 17.2. The molecule has 2 atom stereocenters. The normalized spacial score (nSPS) is 35.4. The first-order valence-electron chi connectivity index (χ1n) is 7.43. The molecule has 114 valence electrons. The van der Waals surface area contributed by atoms with E-state index in [1.807, 2.05) is 0 Å². The van der Waals surface area contributed by atoms with Crippen LogP contribution in [0.25, 0.3) is 0 Å². The SMILES string of the molecule is CC(C)N1CCC(CC2(C)NCC(C)(C)CO2)C1.Cl. The maximum Gasteiger partial charge on any atom is 0.116 e. The lowest BCUT2D eigenvalue weighted by Crippen LogP contribution is -2.56. The Hall–Kier alpha value is 0.170. The summed E-state index contributed by atoms with van der Waals surface area (Å²) < 4.78 is 6.11. The summed E-state index contributed by atoms with van der Waals surface area (Å²) in [5.41, 5.74) is 0.173. The second-order valence-electron chi connectivity index (χ2n) is 7.48. The highest BCUT2D eigenvalue weighted by atomic mass is 35.5. The molecule has 0 saturated carbocycles. The van der Waals surface area contributed by atoms with E-state index in [0.29, 0.717) is 6.04 Å². The van der Waals surface area contributed by atoms with Crippen molar-refractivity contribution in [3.05, 3.63) is 0 Å². The highest BCUT2D eigenvalue weighted by molar-refractivity contribution is 5.85. The second kappa shape index (κ2) is 6.30. The predicted molar refractivity (Wildman–Crippen MR) is 82.8 cm³/mol. The molecule has 3 nitrogen and oxygen atoms in total. The minimum Gasteiger partial charge on any atom is -0.360 e. The molecule has 0 spiro atoms.